The number of amides is 1. The van der Waals surface area contributed by atoms with Crippen LogP contribution >= 0.6 is 11.8 Å². The first-order chi connectivity index (χ1) is 16.0. The number of carbonyl (C=O) groups is 1. The van der Waals surface area contributed by atoms with Gasteiger partial charge in [0.25, 0.3) is 5.91 Å². The van der Waals surface area contributed by atoms with Crippen LogP contribution < -0.4 is 5.32 Å². The SMILES string of the molecule is Cc1cc(NC(=O)[C@@](O)(CSc2ccc(F)cc2)Cc2ccc(C(F)(F)F)cc2)ccc1C#N. The summed E-state index contributed by atoms with van der Waals surface area (Å²) < 4.78 is 51.9. The van der Waals surface area contributed by atoms with Crippen molar-refractivity contribution in [2.24, 2.45) is 0 Å². The number of rotatable bonds is 7. The number of nitrogens with zero attached hydrogens (tertiary/aromatic N) is 1. The summed E-state index contributed by atoms with van der Waals surface area (Å²) in [5.74, 6) is -1.33. The largest absolute Gasteiger partial charge is 0.416 e. The van der Waals surface area contributed by atoms with E-state index in [1.165, 1.54) is 48.5 Å². The smallest absolute Gasteiger partial charge is 0.379 e. The molecule has 2 N–H and O–H groups in total. The molecule has 176 valence electrons. The number of nitriles is 1. The maximum Gasteiger partial charge on any atom is 0.416 e. The van der Waals surface area contributed by atoms with Crippen LogP contribution in [0.25, 0.3) is 0 Å². The Labute approximate surface area is 198 Å². The van der Waals surface area contributed by atoms with E-state index in [2.05, 4.69) is 5.32 Å². The van der Waals surface area contributed by atoms with Gasteiger partial charge in [-0.15, -0.1) is 11.8 Å². The van der Waals surface area contributed by atoms with Gasteiger partial charge in [-0.1, -0.05) is 12.1 Å². The molecule has 0 aliphatic carbocycles. The van der Waals surface area contributed by atoms with Crippen molar-refractivity contribution in [2.45, 2.75) is 30.0 Å². The molecule has 3 aromatic rings. The molecule has 9 heteroatoms. The highest BCUT2D eigenvalue weighted by atomic mass is 32.2. The first-order valence-corrected chi connectivity index (χ1v) is 11.1. The molecule has 1 atom stereocenters. The van der Waals surface area contributed by atoms with Gasteiger partial charge >= 0.3 is 6.18 Å². The Kier molecular flexibility index (Phi) is 7.64. The number of benzene rings is 3. The van der Waals surface area contributed by atoms with Crippen LogP contribution in [0.5, 0.6) is 0 Å². The van der Waals surface area contributed by atoms with Gasteiger partial charge < -0.3 is 10.4 Å². The summed E-state index contributed by atoms with van der Waals surface area (Å²) >= 11 is 1.11. The summed E-state index contributed by atoms with van der Waals surface area (Å²) in [5.41, 5.74) is -1.07. The van der Waals surface area contributed by atoms with Gasteiger partial charge in [0.2, 0.25) is 0 Å². The summed E-state index contributed by atoms with van der Waals surface area (Å²) in [6.45, 7) is 1.70. The van der Waals surface area contributed by atoms with Crippen LogP contribution in [0, 0.1) is 24.1 Å². The second-order valence-electron chi connectivity index (χ2n) is 7.74. The highest BCUT2D eigenvalue weighted by Crippen LogP contribution is 2.31. The molecule has 0 unspecified atom stereocenters. The Bertz CT molecular complexity index is 1210. The fraction of sp³-hybridized carbons (Fsp3) is 0.200. The number of halogens is 4. The van der Waals surface area contributed by atoms with Crippen molar-refractivity contribution in [3.05, 3.63) is 94.8 Å². The number of thioether (sulfide) groups is 1. The lowest BCUT2D eigenvalue weighted by atomic mass is 9.94. The highest BCUT2D eigenvalue weighted by Gasteiger charge is 2.37. The fourth-order valence-electron chi connectivity index (χ4n) is 3.19. The fourth-order valence-corrected chi connectivity index (χ4v) is 4.16. The van der Waals surface area contributed by atoms with E-state index in [1.54, 1.807) is 13.0 Å². The average Bonchev–Trinajstić information content (AvgIpc) is 2.78. The molecule has 0 saturated carbocycles. The van der Waals surface area contributed by atoms with Crippen LogP contribution in [0.2, 0.25) is 0 Å². The molecule has 0 aromatic heterocycles. The number of nitrogens with one attached hydrogen (secondary N) is 1. The third-order valence-corrected chi connectivity index (χ3v) is 6.32. The number of aryl methyl sites for hydroxylation is 1. The number of alkyl halides is 3. The summed E-state index contributed by atoms with van der Waals surface area (Å²) in [6, 6.07) is 16.4. The Hall–Kier alpha value is -3.35. The maximum absolute atomic E-state index is 13.2. The molecule has 0 radical (unpaired) electrons. The van der Waals surface area contributed by atoms with Crippen molar-refractivity contribution in [3.8, 4) is 6.07 Å². The molecular weight excluding hydrogens is 468 g/mol. The average molecular weight is 489 g/mol. The summed E-state index contributed by atoms with van der Waals surface area (Å²) in [6.07, 6.45) is -4.75. The van der Waals surface area contributed by atoms with Gasteiger partial charge in [-0.2, -0.15) is 18.4 Å². The number of hydrogen-bond donors (Lipinski definition) is 2. The molecule has 3 aromatic carbocycles. The second kappa shape index (κ2) is 10.3. The van der Waals surface area contributed by atoms with E-state index in [9.17, 15) is 27.5 Å². The predicted octanol–water partition coefficient (Wildman–Crippen LogP) is 5.73. The van der Waals surface area contributed by atoms with E-state index in [0.717, 1.165) is 23.9 Å². The normalized spacial score (nSPS) is 13.1. The molecule has 0 fully saturated rings. The zero-order valence-corrected chi connectivity index (χ0v) is 18.8. The van der Waals surface area contributed by atoms with Crippen molar-refractivity contribution >= 4 is 23.4 Å². The van der Waals surface area contributed by atoms with Crippen LogP contribution in [-0.4, -0.2) is 22.4 Å². The van der Waals surface area contributed by atoms with Gasteiger partial charge in [0.1, 0.15) is 5.82 Å². The minimum Gasteiger partial charge on any atom is -0.379 e. The monoisotopic (exact) mass is 488 g/mol. The van der Waals surface area contributed by atoms with Gasteiger partial charge in [0, 0.05) is 22.8 Å². The molecular formula is C25H20F4N2O2S. The molecule has 0 spiro atoms. The van der Waals surface area contributed by atoms with Gasteiger partial charge in [-0.25, -0.2) is 4.39 Å². The van der Waals surface area contributed by atoms with Crippen molar-refractivity contribution in [3.63, 3.8) is 0 Å². The number of aliphatic hydroxyl groups is 1. The third kappa shape index (κ3) is 6.37. The van der Waals surface area contributed by atoms with E-state index in [4.69, 9.17) is 5.26 Å². The Morgan fingerprint density at radius 3 is 2.26 bits per heavy atom. The molecule has 0 bridgehead atoms. The molecule has 0 heterocycles. The van der Waals surface area contributed by atoms with Crippen molar-refractivity contribution in [1.82, 2.24) is 0 Å². The van der Waals surface area contributed by atoms with E-state index in [0.29, 0.717) is 27.3 Å². The van der Waals surface area contributed by atoms with Crippen LogP contribution in [0.3, 0.4) is 0 Å². The lowest BCUT2D eigenvalue weighted by molar-refractivity contribution is -0.137. The van der Waals surface area contributed by atoms with Gasteiger partial charge in [-0.3, -0.25) is 4.79 Å². The van der Waals surface area contributed by atoms with Gasteiger partial charge in [0.15, 0.2) is 5.60 Å². The first-order valence-electron chi connectivity index (χ1n) is 10.1. The molecule has 1 amide bonds. The number of hydrogen-bond acceptors (Lipinski definition) is 4. The number of anilines is 1. The van der Waals surface area contributed by atoms with E-state index in [1.807, 2.05) is 6.07 Å². The van der Waals surface area contributed by atoms with Crippen molar-refractivity contribution < 1.29 is 27.5 Å². The maximum atomic E-state index is 13.2. The molecule has 3 rings (SSSR count). The van der Waals surface area contributed by atoms with Crippen LogP contribution in [-0.2, 0) is 17.4 Å². The standard InChI is InChI=1S/C25H20F4N2O2S/c1-16-12-21(9-4-18(16)14-30)31-23(32)24(33,15-34-22-10-7-20(26)8-11-22)13-17-2-5-19(6-3-17)25(27,28)29/h2-12,33H,13,15H2,1H3,(H,31,32)/t24-/m0/s1. The van der Waals surface area contributed by atoms with Gasteiger partial charge in [-0.05, 0) is 72.6 Å². The zero-order valence-electron chi connectivity index (χ0n) is 18.0. The summed E-state index contributed by atoms with van der Waals surface area (Å²) in [5, 5.41) is 23.0. The molecule has 0 aliphatic rings. The summed E-state index contributed by atoms with van der Waals surface area (Å²) in [7, 11) is 0. The molecule has 0 saturated heterocycles. The van der Waals surface area contributed by atoms with Crippen LogP contribution in [0.15, 0.2) is 71.6 Å². The Morgan fingerprint density at radius 2 is 1.71 bits per heavy atom. The molecule has 0 aliphatic heterocycles. The highest BCUT2D eigenvalue weighted by molar-refractivity contribution is 7.99. The quantitative estimate of drug-likeness (QED) is 0.329. The number of carbonyl (C=O) groups excluding carboxylic acids is 1. The lowest BCUT2D eigenvalue weighted by Crippen LogP contribution is -2.47. The van der Waals surface area contributed by atoms with Crippen LogP contribution in [0.4, 0.5) is 23.2 Å². The van der Waals surface area contributed by atoms with Gasteiger partial charge in [0.05, 0.1) is 17.2 Å². The Balaban J connectivity index is 1.85. The minimum atomic E-state index is -4.50. The van der Waals surface area contributed by atoms with Crippen molar-refractivity contribution in [2.75, 3.05) is 11.1 Å². The van der Waals surface area contributed by atoms with Crippen molar-refractivity contribution in [1.29, 1.82) is 5.26 Å². The first kappa shape index (κ1) is 25.3. The summed E-state index contributed by atoms with van der Waals surface area (Å²) in [4.78, 5) is 13.7. The molecule has 34 heavy (non-hydrogen) atoms. The van der Waals surface area contributed by atoms with Crippen LogP contribution in [0.1, 0.15) is 22.3 Å². The van der Waals surface area contributed by atoms with E-state index >= 15 is 0 Å². The molecule has 4 nitrogen and oxygen atoms in total. The van der Waals surface area contributed by atoms with E-state index < -0.39 is 29.1 Å². The predicted molar refractivity (Wildman–Crippen MR) is 122 cm³/mol. The lowest BCUT2D eigenvalue weighted by Gasteiger charge is -2.27. The Morgan fingerprint density at radius 1 is 1.06 bits per heavy atom. The third-order valence-electron chi connectivity index (χ3n) is 5.10. The zero-order chi connectivity index (χ0) is 24.9. The topological polar surface area (TPSA) is 73.1 Å². The van der Waals surface area contributed by atoms with E-state index in [-0.39, 0.29) is 12.2 Å². The second-order valence-corrected chi connectivity index (χ2v) is 8.79. The minimum absolute atomic E-state index is 0.138.